The largest absolute Gasteiger partial charge is 0.378 e. The minimum absolute atomic E-state index is 0.698. The molecule has 0 unspecified atom stereocenters. The smallest absolute Gasteiger partial charge is 0.160 e. The quantitative estimate of drug-likeness (QED) is 0.153. The van der Waals surface area contributed by atoms with E-state index in [1.54, 1.807) is 0 Å². The van der Waals surface area contributed by atoms with Crippen molar-refractivity contribution in [1.82, 2.24) is 9.97 Å². The maximum absolute atomic E-state index is 5.13. The summed E-state index contributed by atoms with van der Waals surface area (Å²) in [5.41, 5.74) is 15.4. The van der Waals surface area contributed by atoms with Crippen LogP contribution < -0.4 is 14.7 Å². The van der Waals surface area contributed by atoms with E-state index in [0.717, 1.165) is 33.6 Å². The first-order valence-electron chi connectivity index (χ1n) is 17.3. The molecule has 7 aromatic rings. The maximum Gasteiger partial charge on any atom is 0.160 e. The molecular weight excluding hydrogens is 623 g/mol. The topological polar surface area (TPSA) is 35.5 Å². The van der Waals surface area contributed by atoms with Gasteiger partial charge in [-0.3, -0.25) is 0 Å². The van der Waals surface area contributed by atoms with Gasteiger partial charge in [-0.1, -0.05) is 109 Å². The summed E-state index contributed by atoms with van der Waals surface area (Å²) in [7, 11) is 12.4. The molecule has 1 heterocycles. The molecule has 0 N–H and O–H groups in total. The van der Waals surface area contributed by atoms with Crippen molar-refractivity contribution in [3.8, 4) is 67.3 Å². The molecule has 0 bridgehead atoms. The fourth-order valence-corrected chi connectivity index (χ4v) is 6.21. The molecule has 0 amide bonds. The predicted octanol–water partition coefficient (Wildman–Crippen LogP) is 10.7. The first-order chi connectivity index (χ1) is 24.7. The summed E-state index contributed by atoms with van der Waals surface area (Å²) in [6.07, 6.45) is 0. The molecule has 5 nitrogen and oxygen atoms in total. The second-order valence-electron chi connectivity index (χ2n) is 13.5. The second kappa shape index (κ2) is 14.3. The van der Waals surface area contributed by atoms with Crippen LogP contribution in [0, 0.1) is 0 Å². The Morgan fingerprint density at radius 1 is 0.275 bits per heavy atom. The number of rotatable bonds is 9. The summed E-state index contributed by atoms with van der Waals surface area (Å²) in [6.45, 7) is 0. The number of hydrogen-bond donors (Lipinski definition) is 0. The van der Waals surface area contributed by atoms with E-state index in [4.69, 9.17) is 9.97 Å². The molecule has 0 radical (unpaired) electrons. The van der Waals surface area contributed by atoms with Gasteiger partial charge < -0.3 is 14.7 Å². The van der Waals surface area contributed by atoms with Gasteiger partial charge in [0.25, 0.3) is 0 Å². The number of aromatic nitrogens is 2. The summed E-state index contributed by atoms with van der Waals surface area (Å²) in [5, 5.41) is 0. The zero-order valence-electron chi connectivity index (χ0n) is 30.2. The van der Waals surface area contributed by atoms with E-state index in [1.165, 1.54) is 44.9 Å². The third-order valence-corrected chi connectivity index (χ3v) is 9.38. The minimum atomic E-state index is 0.698. The highest BCUT2D eigenvalue weighted by Crippen LogP contribution is 2.32. The fourth-order valence-electron chi connectivity index (χ4n) is 6.21. The molecule has 6 aromatic carbocycles. The van der Waals surface area contributed by atoms with Gasteiger partial charge in [-0.05, 0) is 75.8 Å². The van der Waals surface area contributed by atoms with E-state index >= 15 is 0 Å². The molecule has 0 saturated carbocycles. The van der Waals surface area contributed by atoms with E-state index in [1.807, 2.05) is 0 Å². The van der Waals surface area contributed by atoms with E-state index < -0.39 is 0 Å². The average Bonchev–Trinajstić information content (AvgIpc) is 3.18. The highest BCUT2D eigenvalue weighted by atomic mass is 15.1. The van der Waals surface area contributed by atoms with Crippen molar-refractivity contribution in [2.75, 3.05) is 57.0 Å². The van der Waals surface area contributed by atoms with Crippen LogP contribution in [-0.2, 0) is 0 Å². The molecule has 5 heteroatoms. The average molecular weight is 666 g/mol. The van der Waals surface area contributed by atoms with E-state index in [9.17, 15) is 0 Å². The summed E-state index contributed by atoms with van der Waals surface area (Å²) in [5.74, 6) is 0.698. The van der Waals surface area contributed by atoms with E-state index in [-0.39, 0.29) is 0 Å². The molecule has 0 aliphatic heterocycles. The van der Waals surface area contributed by atoms with E-state index in [0.29, 0.717) is 5.82 Å². The van der Waals surface area contributed by atoms with Gasteiger partial charge in [0.2, 0.25) is 0 Å². The third kappa shape index (κ3) is 7.38. The number of nitrogens with zero attached hydrogens (tertiary/aromatic N) is 5. The van der Waals surface area contributed by atoms with Crippen LogP contribution >= 0.6 is 0 Å². The Morgan fingerprint density at radius 3 is 0.745 bits per heavy atom. The molecular formula is C46H43N5. The fraction of sp³-hybridized carbons (Fsp3) is 0.130. The van der Waals surface area contributed by atoms with Gasteiger partial charge in [-0.25, -0.2) is 9.97 Å². The Bertz CT molecular complexity index is 1950. The molecule has 0 fully saturated rings. The molecule has 0 spiro atoms. The van der Waals surface area contributed by atoms with Crippen molar-refractivity contribution in [3.05, 3.63) is 152 Å². The molecule has 7 rings (SSSR count). The highest BCUT2D eigenvalue weighted by molar-refractivity contribution is 5.77. The number of benzene rings is 6. The Balaban J connectivity index is 1.23. The summed E-state index contributed by atoms with van der Waals surface area (Å²) >= 11 is 0. The molecule has 0 atom stereocenters. The second-order valence-corrected chi connectivity index (χ2v) is 13.5. The van der Waals surface area contributed by atoms with Crippen molar-refractivity contribution in [2.24, 2.45) is 0 Å². The summed E-state index contributed by atoms with van der Waals surface area (Å²) in [6, 6.07) is 53.9. The molecule has 1 aromatic heterocycles. The number of hydrogen-bond acceptors (Lipinski definition) is 5. The molecule has 0 aliphatic rings. The first kappa shape index (κ1) is 33.3. The summed E-state index contributed by atoms with van der Waals surface area (Å²) < 4.78 is 0. The molecule has 0 aliphatic carbocycles. The lowest BCUT2D eigenvalue weighted by Crippen LogP contribution is -2.07. The van der Waals surface area contributed by atoms with Crippen LogP contribution in [0.5, 0.6) is 0 Å². The van der Waals surface area contributed by atoms with Crippen molar-refractivity contribution in [3.63, 3.8) is 0 Å². The Labute approximate surface area is 302 Å². The highest BCUT2D eigenvalue weighted by Gasteiger charge is 2.13. The van der Waals surface area contributed by atoms with Gasteiger partial charge in [-0.2, -0.15) is 0 Å². The van der Waals surface area contributed by atoms with E-state index in [2.05, 4.69) is 209 Å². The van der Waals surface area contributed by atoms with Gasteiger partial charge >= 0.3 is 0 Å². The predicted molar refractivity (Wildman–Crippen MR) is 218 cm³/mol. The normalized spacial score (nSPS) is 10.9. The SMILES string of the molecule is CN(C)c1ccc(-c2ccc(-c3cc(-c4ccc(-c5ccc(N(C)C)cc5)cc4)nc(-c4ccc(-c5ccc(N(C)C)cc5)cc4)n3)cc2)cc1. The van der Waals surface area contributed by atoms with Crippen LogP contribution in [0.25, 0.3) is 67.3 Å². The first-order valence-corrected chi connectivity index (χ1v) is 17.3. The van der Waals surface area contributed by atoms with Crippen molar-refractivity contribution >= 4 is 17.1 Å². The number of anilines is 3. The molecule has 252 valence electrons. The third-order valence-electron chi connectivity index (χ3n) is 9.38. The molecule has 0 saturated heterocycles. The maximum atomic E-state index is 5.13. The Morgan fingerprint density at radius 2 is 0.490 bits per heavy atom. The monoisotopic (exact) mass is 665 g/mol. The zero-order chi connectivity index (χ0) is 35.5. The van der Waals surface area contributed by atoms with Gasteiger partial charge in [0.1, 0.15) is 0 Å². The van der Waals surface area contributed by atoms with Gasteiger partial charge in [0.15, 0.2) is 5.82 Å². The Hall–Kier alpha value is -6.20. The standard InChI is InChI=1S/C46H43N5/c1-49(2)41-25-19-35(20-26-41)32-7-13-38(14-8-32)44-31-45(39-15-9-33(10-16-39)36-21-27-42(28-22-36)50(3)4)48-46(47-44)40-17-11-34(12-18-40)37-23-29-43(30-24-37)51(5)6/h7-31H,1-6H3. The lowest BCUT2D eigenvalue weighted by Gasteiger charge is -2.14. The zero-order valence-corrected chi connectivity index (χ0v) is 30.2. The van der Waals surface area contributed by atoms with Crippen LogP contribution in [0.2, 0.25) is 0 Å². The van der Waals surface area contributed by atoms with Gasteiger partial charge in [0.05, 0.1) is 11.4 Å². The Kier molecular flexibility index (Phi) is 9.36. The van der Waals surface area contributed by atoms with Crippen LogP contribution in [0.15, 0.2) is 152 Å². The molecule has 51 heavy (non-hydrogen) atoms. The minimum Gasteiger partial charge on any atom is -0.378 e. The van der Waals surface area contributed by atoms with Crippen molar-refractivity contribution < 1.29 is 0 Å². The summed E-state index contributed by atoms with van der Waals surface area (Å²) in [4.78, 5) is 16.6. The lowest BCUT2D eigenvalue weighted by atomic mass is 10.00. The van der Waals surface area contributed by atoms with Crippen molar-refractivity contribution in [2.45, 2.75) is 0 Å². The van der Waals surface area contributed by atoms with Crippen LogP contribution in [-0.4, -0.2) is 52.3 Å². The van der Waals surface area contributed by atoms with Gasteiger partial charge in [0, 0.05) is 76.0 Å². The van der Waals surface area contributed by atoms with Crippen molar-refractivity contribution in [1.29, 1.82) is 0 Å². The lowest BCUT2D eigenvalue weighted by molar-refractivity contribution is 1.13. The van der Waals surface area contributed by atoms with Gasteiger partial charge in [-0.15, -0.1) is 0 Å². The van der Waals surface area contributed by atoms with Crippen LogP contribution in [0.1, 0.15) is 0 Å². The van der Waals surface area contributed by atoms with Crippen LogP contribution in [0.3, 0.4) is 0 Å². The van der Waals surface area contributed by atoms with Crippen LogP contribution in [0.4, 0.5) is 17.1 Å².